The third kappa shape index (κ3) is 3.14. The van der Waals surface area contributed by atoms with Crippen LogP contribution in [-0.4, -0.2) is 66.2 Å². The number of rotatable bonds is 3. The molecule has 7 heteroatoms. The van der Waals surface area contributed by atoms with Crippen LogP contribution < -0.4 is 5.43 Å². The molecule has 1 fully saturated rings. The Morgan fingerprint density at radius 1 is 1.33 bits per heavy atom. The average Bonchev–Trinajstić information content (AvgIpc) is 2.41. The van der Waals surface area contributed by atoms with Crippen molar-refractivity contribution in [3.63, 3.8) is 0 Å². The minimum absolute atomic E-state index is 0.205. The van der Waals surface area contributed by atoms with Crippen molar-refractivity contribution in [2.24, 2.45) is 0 Å². The van der Waals surface area contributed by atoms with Gasteiger partial charge in [0.1, 0.15) is 0 Å². The summed E-state index contributed by atoms with van der Waals surface area (Å²) in [5, 5.41) is 2.06. The Labute approximate surface area is 106 Å². The molecule has 1 aliphatic rings. The molecule has 0 saturated carbocycles. The number of anilines is 1. The maximum absolute atomic E-state index is 11.3. The monoisotopic (exact) mass is 251 g/mol. The van der Waals surface area contributed by atoms with Crippen LogP contribution in [-0.2, 0) is 4.74 Å². The first-order valence-corrected chi connectivity index (χ1v) is 5.79. The molecule has 1 saturated heterocycles. The largest absolute Gasteiger partial charge is 0.464 e. The zero-order valence-corrected chi connectivity index (χ0v) is 10.6. The lowest BCUT2D eigenvalue weighted by molar-refractivity contribution is 0.0593. The number of piperazine rings is 1. The maximum Gasteiger partial charge on any atom is 0.358 e. The molecule has 98 valence electrons. The fraction of sp³-hybridized carbons (Fsp3) is 0.545. The van der Waals surface area contributed by atoms with Crippen molar-refractivity contribution in [3.8, 4) is 0 Å². The molecule has 1 aromatic heterocycles. The van der Waals surface area contributed by atoms with Gasteiger partial charge in [-0.15, -0.1) is 0 Å². The molecule has 0 bridgehead atoms. The van der Waals surface area contributed by atoms with Gasteiger partial charge in [0.05, 0.1) is 19.5 Å². The highest BCUT2D eigenvalue weighted by Gasteiger charge is 2.15. The van der Waals surface area contributed by atoms with Gasteiger partial charge >= 0.3 is 5.97 Å². The predicted molar refractivity (Wildman–Crippen MR) is 66.1 cm³/mol. The van der Waals surface area contributed by atoms with Crippen LogP contribution in [0.15, 0.2) is 12.4 Å². The van der Waals surface area contributed by atoms with Crippen molar-refractivity contribution in [2.45, 2.75) is 0 Å². The molecule has 1 aromatic rings. The van der Waals surface area contributed by atoms with Crippen LogP contribution in [0.2, 0.25) is 0 Å². The van der Waals surface area contributed by atoms with E-state index in [0.29, 0.717) is 5.82 Å². The van der Waals surface area contributed by atoms with Gasteiger partial charge in [-0.3, -0.25) is 4.98 Å². The van der Waals surface area contributed by atoms with E-state index in [9.17, 15) is 4.79 Å². The predicted octanol–water partition coefficient (Wildman–Crippen LogP) is -0.163. The number of carbonyl (C=O) groups excluding carboxylic acids is 1. The van der Waals surface area contributed by atoms with Crippen LogP contribution in [0, 0.1) is 0 Å². The van der Waals surface area contributed by atoms with E-state index in [0.717, 1.165) is 26.2 Å². The molecule has 7 nitrogen and oxygen atoms in total. The second-order valence-corrected chi connectivity index (χ2v) is 4.18. The van der Waals surface area contributed by atoms with Crippen LogP contribution in [0.5, 0.6) is 0 Å². The van der Waals surface area contributed by atoms with E-state index < -0.39 is 5.97 Å². The first kappa shape index (κ1) is 12.7. The van der Waals surface area contributed by atoms with E-state index in [4.69, 9.17) is 0 Å². The lowest BCUT2D eigenvalue weighted by atomic mass is 10.4. The summed E-state index contributed by atoms with van der Waals surface area (Å²) in [6.45, 7) is 3.80. The molecule has 18 heavy (non-hydrogen) atoms. The summed E-state index contributed by atoms with van der Waals surface area (Å²) in [5.41, 5.74) is 3.35. The van der Waals surface area contributed by atoms with Gasteiger partial charge in [0.25, 0.3) is 0 Å². The summed E-state index contributed by atoms with van der Waals surface area (Å²) in [6.07, 6.45) is 2.98. The highest BCUT2D eigenvalue weighted by atomic mass is 16.5. The second kappa shape index (κ2) is 5.74. The van der Waals surface area contributed by atoms with Crippen LogP contribution in [0.1, 0.15) is 10.5 Å². The Bertz CT molecular complexity index is 418. The molecule has 0 radical (unpaired) electrons. The summed E-state index contributed by atoms with van der Waals surface area (Å²) in [5.74, 6) is 0.0759. The Balaban J connectivity index is 1.99. The zero-order chi connectivity index (χ0) is 13.0. The van der Waals surface area contributed by atoms with Gasteiger partial charge in [-0.05, 0) is 7.05 Å². The van der Waals surface area contributed by atoms with Gasteiger partial charge in [0, 0.05) is 26.2 Å². The molecule has 1 N–H and O–H groups in total. The molecule has 0 aromatic carbocycles. The number of nitrogens with one attached hydrogen (secondary N) is 1. The minimum atomic E-state index is -0.482. The van der Waals surface area contributed by atoms with E-state index in [-0.39, 0.29) is 5.69 Å². The maximum atomic E-state index is 11.3. The van der Waals surface area contributed by atoms with E-state index in [1.54, 1.807) is 6.20 Å². The summed E-state index contributed by atoms with van der Waals surface area (Å²) in [7, 11) is 3.42. The molecule has 2 rings (SSSR count). The standard InChI is InChI=1S/C11H17N5O2/c1-15-3-5-16(6-4-15)14-10-8-12-7-9(13-10)11(17)18-2/h7-8H,3-6H2,1-2H3,(H,13,14). The summed E-state index contributed by atoms with van der Waals surface area (Å²) in [6, 6.07) is 0. The number of aromatic nitrogens is 2. The smallest absolute Gasteiger partial charge is 0.358 e. The van der Waals surface area contributed by atoms with Gasteiger partial charge in [-0.25, -0.2) is 14.8 Å². The quantitative estimate of drug-likeness (QED) is 0.748. The van der Waals surface area contributed by atoms with Crippen molar-refractivity contribution in [3.05, 3.63) is 18.1 Å². The first-order valence-electron chi connectivity index (χ1n) is 5.79. The number of esters is 1. The lowest BCUT2D eigenvalue weighted by Gasteiger charge is -2.32. The Hall–Kier alpha value is -1.73. The third-order valence-corrected chi connectivity index (χ3v) is 2.81. The Kier molecular flexibility index (Phi) is 4.06. The number of carbonyl (C=O) groups is 1. The number of hydrazine groups is 1. The fourth-order valence-corrected chi connectivity index (χ4v) is 1.70. The fourth-order valence-electron chi connectivity index (χ4n) is 1.70. The molecular weight excluding hydrogens is 234 g/mol. The Morgan fingerprint density at radius 3 is 2.72 bits per heavy atom. The SMILES string of the molecule is COC(=O)c1cncc(NN2CCN(C)CC2)n1. The van der Waals surface area contributed by atoms with Gasteiger partial charge in [-0.2, -0.15) is 0 Å². The van der Waals surface area contributed by atoms with Crippen molar-refractivity contribution in [1.29, 1.82) is 0 Å². The molecule has 0 unspecified atom stereocenters. The van der Waals surface area contributed by atoms with E-state index >= 15 is 0 Å². The Morgan fingerprint density at radius 2 is 2.06 bits per heavy atom. The molecular formula is C11H17N5O2. The number of methoxy groups -OCH3 is 1. The first-order chi connectivity index (χ1) is 8.69. The molecule has 0 atom stereocenters. The average molecular weight is 251 g/mol. The normalized spacial score (nSPS) is 17.4. The zero-order valence-electron chi connectivity index (χ0n) is 10.6. The number of ether oxygens (including phenoxy) is 1. The number of hydrogen-bond acceptors (Lipinski definition) is 7. The summed E-state index contributed by atoms with van der Waals surface area (Å²) < 4.78 is 4.61. The lowest BCUT2D eigenvalue weighted by Crippen LogP contribution is -2.47. The topological polar surface area (TPSA) is 70.6 Å². The molecule has 2 heterocycles. The van der Waals surface area contributed by atoms with Crippen LogP contribution >= 0.6 is 0 Å². The number of likely N-dealkylation sites (N-methyl/N-ethyl adjacent to an activating group) is 1. The van der Waals surface area contributed by atoms with Crippen molar-refractivity contribution in [1.82, 2.24) is 19.9 Å². The molecule has 1 aliphatic heterocycles. The highest BCUT2D eigenvalue weighted by Crippen LogP contribution is 2.06. The van der Waals surface area contributed by atoms with Crippen molar-refractivity contribution >= 4 is 11.8 Å². The van der Waals surface area contributed by atoms with E-state index in [2.05, 4.69) is 37.1 Å². The van der Waals surface area contributed by atoms with Crippen molar-refractivity contribution in [2.75, 3.05) is 45.8 Å². The van der Waals surface area contributed by atoms with Crippen LogP contribution in [0.25, 0.3) is 0 Å². The highest BCUT2D eigenvalue weighted by molar-refractivity contribution is 5.87. The molecule has 0 spiro atoms. The third-order valence-electron chi connectivity index (χ3n) is 2.81. The van der Waals surface area contributed by atoms with Gasteiger partial charge in [-0.1, -0.05) is 0 Å². The van der Waals surface area contributed by atoms with Gasteiger partial charge in [0.2, 0.25) is 0 Å². The second-order valence-electron chi connectivity index (χ2n) is 4.18. The van der Waals surface area contributed by atoms with Crippen LogP contribution in [0.3, 0.4) is 0 Å². The number of nitrogens with zero attached hydrogens (tertiary/aromatic N) is 4. The summed E-state index contributed by atoms with van der Waals surface area (Å²) >= 11 is 0. The van der Waals surface area contributed by atoms with Crippen molar-refractivity contribution < 1.29 is 9.53 Å². The minimum Gasteiger partial charge on any atom is -0.464 e. The van der Waals surface area contributed by atoms with E-state index in [1.807, 2.05) is 0 Å². The van der Waals surface area contributed by atoms with E-state index in [1.165, 1.54) is 13.3 Å². The van der Waals surface area contributed by atoms with Gasteiger partial charge < -0.3 is 15.1 Å². The molecule has 0 aliphatic carbocycles. The molecule has 0 amide bonds. The van der Waals surface area contributed by atoms with Crippen LogP contribution in [0.4, 0.5) is 5.82 Å². The number of hydrogen-bond donors (Lipinski definition) is 1. The van der Waals surface area contributed by atoms with Gasteiger partial charge in [0.15, 0.2) is 11.5 Å². The summed E-state index contributed by atoms with van der Waals surface area (Å²) in [4.78, 5) is 21.7.